The highest BCUT2D eigenvalue weighted by molar-refractivity contribution is 7.15. The number of Topliss-reactive ketones (excluding diaryl/α,β-unsaturated/α-hetero) is 1. The van der Waals surface area contributed by atoms with Crippen molar-refractivity contribution in [3.05, 3.63) is 111 Å². The lowest BCUT2D eigenvalue weighted by Gasteiger charge is -2.40. The zero-order valence-electron chi connectivity index (χ0n) is 54.4. The van der Waals surface area contributed by atoms with Gasteiger partial charge < -0.3 is 51.2 Å². The maximum Gasteiger partial charge on any atom is 0.416 e. The van der Waals surface area contributed by atoms with Crippen molar-refractivity contribution >= 4 is 127 Å². The Morgan fingerprint density at radius 2 is 1.38 bits per heavy atom. The van der Waals surface area contributed by atoms with Gasteiger partial charge >= 0.3 is 24.0 Å². The van der Waals surface area contributed by atoms with Gasteiger partial charge in [0.05, 0.1) is 47.1 Å². The van der Waals surface area contributed by atoms with E-state index >= 15 is 0 Å². The molecule has 0 unspecified atom stereocenters. The first-order valence-electron chi connectivity index (χ1n) is 31.8. The molecule has 1 aliphatic heterocycles. The number of amides is 5. The summed E-state index contributed by atoms with van der Waals surface area (Å²) < 4.78 is 11.9. The number of nitrogens with zero attached hydrogens (tertiary/aromatic N) is 8. The minimum atomic E-state index is -1.32. The zero-order chi connectivity index (χ0) is 70.7. The summed E-state index contributed by atoms with van der Waals surface area (Å²) in [4.78, 5) is 157. The third-order valence-corrected chi connectivity index (χ3v) is 22.7. The molecule has 1 aromatic carbocycles. The largest absolute Gasteiger partial charge is 0.481 e. The highest BCUT2D eigenvalue weighted by Crippen LogP contribution is 2.43. The monoisotopic (exact) mass is 1460 g/mol. The lowest BCUT2D eigenvalue weighted by molar-refractivity contribution is -0.145. The molecule has 1 aliphatic carbocycles. The molecule has 4 atom stereocenters. The molecule has 8 N–H and O–H groups in total. The van der Waals surface area contributed by atoms with Crippen LogP contribution >= 0.6 is 68.0 Å². The number of aliphatic carboxylic acids is 3. The molecule has 1 fully saturated rings. The number of thiazole rings is 6. The molecule has 10 bridgehead atoms. The van der Waals surface area contributed by atoms with Crippen molar-refractivity contribution in [3.8, 4) is 43.4 Å². The number of benzene rings is 1. The van der Waals surface area contributed by atoms with Crippen molar-refractivity contribution in [2.45, 2.75) is 141 Å². The number of aliphatic hydroxyl groups is 1. The van der Waals surface area contributed by atoms with Gasteiger partial charge in [-0.25, -0.2) is 39.7 Å². The number of hydrogen-bond acceptors (Lipinski definition) is 25. The SMILES string of the molecule is CNC(=O)C[C@@H]1NC(=O)c2csc(n2)-c2ccc(-c3nc(N(CCCCC(=O)O)C(=O)OC4(CCCCC(=O)O)CCC(C(=O)O)CC4)cs3)nc2-c2csc(n2)-c2csc(n2)[C@H]([C@@H](O)c2ccccc2)NC(=O)CNC(=O)c2nc(sc2COC)[C@H](C(C)C)CC(=O)c2nc1sc2C. The Kier molecular flexibility index (Phi) is 24.3. The van der Waals surface area contributed by atoms with E-state index in [1.54, 1.807) is 70.9 Å². The number of methoxy groups -OCH3 is 1. The summed E-state index contributed by atoms with van der Waals surface area (Å²) in [6.45, 7) is 5.05. The second kappa shape index (κ2) is 33.0. The molecule has 99 heavy (non-hydrogen) atoms. The van der Waals surface area contributed by atoms with Crippen LogP contribution in [0.2, 0.25) is 0 Å². The van der Waals surface area contributed by atoms with Crippen molar-refractivity contribution in [2.75, 3.05) is 32.1 Å². The maximum atomic E-state index is 14.6. The number of anilines is 1. The number of aromatic nitrogens is 7. The lowest BCUT2D eigenvalue weighted by Crippen LogP contribution is -2.45. The predicted molar refractivity (Wildman–Crippen MR) is 372 cm³/mol. The molecular weight excluding hydrogens is 1390 g/mol. The highest BCUT2D eigenvalue weighted by atomic mass is 32.1. The van der Waals surface area contributed by atoms with Gasteiger partial charge in [-0.05, 0) is 88.3 Å². The van der Waals surface area contributed by atoms with Crippen LogP contribution in [0.1, 0.15) is 183 Å². The number of pyridine rings is 1. The number of carboxylic acids is 3. The van der Waals surface area contributed by atoms with E-state index in [9.17, 15) is 63.6 Å². The summed E-state index contributed by atoms with van der Waals surface area (Å²) in [5.74, 6) is -6.86. The minimum absolute atomic E-state index is 0.00330. The maximum absolute atomic E-state index is 14.6. The van der Waals surface area contributed by atoms with Crippen LogP contribution in [0, 0.1) is 18.8 Å². The number of carbonyl (C=O) groups excluding carboxylic acids is 6. The van der Waals surface area contributed by atoms with Crippen LogP contribution in [0.15, 0.2) is 64.0 Å². The molecule has 10 rings (SSSR count). The van der Waals surface area contributed by atoms with Crippen LogP contribution in [-0.2, 0) is 40.1 Å². The number of aryl methyl sites for hydroxylation is 1. The normalized spacial score (nSPS) is 18.7. The molecular formula is C66H72N12O15S6. The Morgan fingerprint density at radius 1 is 0.707 bits per heavy atom. The number of aliphatic hydroxyl groups excluding tert-OH is 1. The molecule has 0 radical (unpaired) electrons. The number of carboxylic acid groups (broad SMARTS) is 3. The Hall–Kier alpha value is -8.70. The third kappa shape index (κ3) is 18.0. The molecule has 8 aromatic rings. The highest BCUT2D eigenvalue weighted by Gasteiger charge is 2.42. The van der Waals surface area contributed by atoms with Crippen LogP contribution in [0.5, 0.6) is 0 Å². The molecule has 0 spiro atoms. The molecule has 1 saturated carbocycles. The van der Waals surface area contributed by atoms with E-state index in [1.807, 2.05) is 13.8 Å². The van der Waals surface area contributed by atoms with Crippen molar-refractivity contribution in [1.82, 2.24) is 56.2 Å². The number of fused-ring (bicyclic) bond motifs is 14. The molecule has 27 nitrogen and oxygen atoms in total. The van der Waals surface area contributed by atoms with Crippen molar-refractivity contribution in [1.29, 1.82) is 0 Å². The molecule has 522 valence electrons. The van der Waals surface area contributed by atoms with Gasteiger partial charge in [0, 0.05) is 77.8 Å². The fraction of sp³-hybridized carbons (Fsp3) is 0.424. The van der Waals surface area contributed by atoms with Crippen LogP contribution in [0.3, 0.4) is 0 Å². The number of ketones is 1. The summed E-state index contributed by atoms with van der Waals surface area (Å²) >= 11 is 7.02. The number of hydrogen-bond donors (Lipinski definition) is 8. The van der Waals surface area contributed by atoms with Crippen LogP contribution < -0.4 is 26.2 Å². The topological polar surface area (TPSA) is 395 Å². The number of unbranched alkanes of at least 4 members (excludes halogenated alkanes) is 2. The van der Waals surface area contributed by atoms with Gasteiger partial charge in [-0.2, -0.15) is 0 Å². The van der Waals surface area contributed by atoms with E-state index in [1.165, 1.54) is 41.7 Å². The van der Waals surface area contributed by atoms with E-state index in [-0.39, 0.29) is 124 Å². The van der Waals surface area contributed by atoms with Gasteiger partial charge in [0.15, 0.2) is 5.78 Å². The van der Waals surface area contributed by atoms with Gasteiger partial charge in [0.25, 0.3) is 11.8 Å². The van der Waals surface area contributed by atoms with E-state index < -0.39 is 89.8 Å². The summed E-state index contributed by atoms with van der Waals surface area (Å²) in [6.07, 6.45) is -0.322. The second-order valence-corrected chi connectivity index (χ2v) is 30.0. The van der Waals surface area contributed by atoms with E-state index in [0.29, 0.717) is 80.9 Å². The minimum Gasteiger partial charge on any atom is -0.481 e. The molecule has 8 heterocycles. The first-order chi connectivity index (χ1) is 47.5. The molecule has 7 aromatic heterocycles. The summed E-state index contributed by atoms with van der Waals surface area (Å²) in [5.41, 5.74) is 1.23. The molecule has 5 amide bonds. The molecule has 2 aliphatic rings. The van der Waals surface area contributed by atoms with Gasteiger partial charge in [0.2, 0.25) is 11.8 Å². The van der Waals surface area contributed by atoms with Crippen molar-refractivity contribution in [3.63, 3.8) is 0 Å². The van der Waals surface area contributed by atoms with Crippen LogP contribution in [-0.4, -0.2) is 142 Å². The van der Waals surface area contributed by atoms with Gasteiger partial charge in [-0.3, -0.25) is 43.3 Å². The Labute approximate surface area is 592 Å². The predicted octanol–water partition coefficient (Wildman–Crippen LogP) is 11.1. The average molecular weight is 1470 g/mol. The number of nitrogens with one attached hydrogen (secondary N) is 4. The Morgan fingerprint density at radius 3 is 2.09 bits per heavy atom. The third-order valence-electron chi connectivity index (χ3n) is 16.9. The quantitative estimate of drug-likeness (QED) is 0.0310. The fourth-order valence-corrected chi connectivity index (χ4v) is 17.2. The van der Waals surface area contributed by atoms with Crippen LogP contribution in [0.25, 0.3) is 43.4 Å². The number of ether oxygens (including phenoxy) is 2. The van der Waals surface area contributed by atoms with E-state index in [4.69, 9.17) is 44.4 Å². The summed E-state index contributed by atoms with van der Waals surface area (Å²) in [7, 11) is 2.93. The number of rotatable bonds is 21. The average Bonchev–Trinajstić information content (AvgIpc) is 1.74. The fourth-order valence-electron chi connectivity index (χ4n) is 11.6. The second-order valence-electron chi connectivity index (χ2n) is 24.2. The van der Waals surface area contributed by atoms with Crippen molar-refractivity contribution in [2.24, 2.45) is 11.8 Å². The Bertz CT molecular complexity index is 4270. The zero-order valence-corrected chi connectivity index (χ0v) is 59.3. The smallest absolute Gasteiger partial charge is 0.416 e. The molecule has 33 heteroatoms. The van der Waals surface area contributed by atoms with E-state index in [0.717, 1.165) is 45.3 Å². The standard InChI is InChI=1S/C66H72N12O15S6/c1-33(2)38-25-44(79)51-34(3)98-62(76-51)40(26-47(80)67-4)70-56(87)42-30-94-58(72-42)37-17-18-39(60-74-46(32-97-60)78(24-12-10-16-50(84)85)65(91)93-66(21-11-9-15-49(82)83)22-19-36(20-23-66)64(89)90)69-52(37)41-29-95-61(71-41)43-31-96-63(73-43)54(55(86)35-13-7-6-8-14-35)75-48(81)27-68-57(88)53-45(28-92-5)99-59(38)77-53/h6-8,13-14,17-18,29-33,36,38,40,54-55,86H,9-12,15-16,19-28H2,1-5H3,(H,67,80)(H,68,88)(H,70,87)(H,75,81)(H,82,83)(H,84,85)(H,89,90)/t36?,38-,40-,54-,55-,66?/m0/s1. The number of carbonyl (C=O) groups is 9. The van der Waals surface area contributed by atoms with Crippen molar-refractivity contribution < 1.29 is 73.1 Å². The summed E-state index contributed by atoms with van der Waals surface area (Å²) in [6, 6.07) is 9.96. The molecule has 0 saturated heterocycles. The van der Waals surface area contributed by atoms with Gasteiger partial charge in [0.1, 0.15) is 82.8 Å². The van der Waals surface area contributed by atoms with E-state index in [2.05, 4.69) is 21.3 Å². The van der Waals surface area contributed by atoms with Crippen LogP contribution in [0.4, 0.5) is 10.6 Å². The van der Waals surface area contributed by atoms with Gasteiger partial charge in [-0.15, -0.1) is 68.0 Å². The van der Waals surface area contributed by atoms with Gasteiger partial charge in [-0.1, -0.05) is 44.2 Å². The Balaban J connectivity index is 1.04. The first-order valence-corrected chi connectivity index (χ1v) is 37.0. The lowest BCUT2D eigenvalue weighted by atomic mass is 9.76. The summed E-state index contributed by atoms with van der Waals surface area (Å²) in [5, 5.41) is 60.7. The first kappa shape index (κ1) is 73.0.